The van der Waals surface area contributed by atoms with Crippen LogP contribution in [0.1, 0.15) is 48.1 Å². The van der Waals surface area contributed by atoms with Crippen molar-refractivity contribution < 1.29 is 14.7 Å². The first kappa shape index (κ1) is 13.0. The second-order valence-corrected chi connectivity index (χ2v) is 5.74. The first-order valence-electron chi connectivity index (χ1n) is 5.98. The quantitative estimate of drug-likeness (QED) is 0.854. The van der Waals surface area contributed by atoms with Gasteiger partial charge in [-0.3, -0.25) is 4.79 Å². The van der Waals surface area contributed by atoms with E-state index in [2.05, 4.69) is 10.3 Å². The summed E-state index contributed by atoms with van der Waals surface area (Å²) < 4.78 is 0. The Balaban J connectivity index is 2.03. The summed E-state index contributed by atoms with van der Waals surface area (Å²) in [4.78, 5) is 27.1. The van der Waals surface area contributed by atoms with E-state index >= 15 is 0 Å². The predicted octanol–water partition coefficient (Wildman–Crippen LogP) is 1.86. The van der Waals surface area contributed by atoms with Crippen LogP contribution in [0.2, 0.25) is 0 Å². The Hall–Kier alpha value is -1.43. The molecular formula is C12H16N2O3S. The number of carboxylic acids is 1. The lowest BCUT2D eigenvalue weighted by atomic mass is 10.2. The highest BCUT2D eigenvalue weighted by molar-refractivity contribution is 7.09. The zero-order chi connectivity index (χ0) is 13.3. The summed E-state index contributed by atoms with van der Waals surface area (Å²) in [7, 11) is 0. The molecule has 18 heavy (non-hydrogen) atoms. The molecule has 2 N–H and O–H groups in total. The number of aliphatic carboxylic acids is 1. The summed E-state index contributed by atoms with van der Waals surface area (Å²) in [5.41, 5.74) is 0.315. The van der Waals surface area contributed by atoms with Crippen LogP contribution >= 0.6 is 11.3 Å². The van der Waals surface area contributed by atoms with Gasteiger partial charge in [-0.2, -0.15) is 0 Å². The number of aromatic nitrogens is 1. The molecule has 98 valence electrons. The molecule has 1 aliphatic carbocycles. The molecule has 1 heterocycles. The molecule has 6 heteroatoms. The van der Waals surface area contributed by atoms with Crippen LogP contribution in [0.4, 0.5) is 0 Å². The third kappa shape index (κ3) is 2.87. The van der Waals surface area contributed by atoms with E-state index in [9.17, 15) is 9.59 Å². The average molecular weight is 268 g/mol. The molecule has 0 bridgehead atoms. The van der Waals surface area contributed by atoms with Crippen molar-refractivity contribution in [3.8, 4) is 0 Å². The molecule has 0 saturated heterocycles. The van der Waals surface area contributed by atoms with Gasteiger partial charge in [-0.05, 0) is 18.8 Å². The minimum atomic E-state index is -0.967. The van der Waals surface area contributed by atoms with E-state index in [0.717, 1.165) is 17.8 Å². The van der Waals surface area contributed by atoms with Gasteiger partial charge in [0.15, 0.2) is 0 Å². The maximum absolute atomic E-state index is 11.9. The molecule has 0 aromatic carbocycles. The number of hydrogen-bond acceptors (Lipinski definition) is 4. The summed E-state index contributed by atoms with van der Waals surface area (Å²) in [6.45, 7) is 4.01. The SMILES string of the molecule is CC(C)c1nc(C(=O)NC(C(=O)O)C2CC2)cs1. The van der Waals surface area contributed by atoms with Gasteiger partial charge >= 0.3 is 5.97 Å². The van der Waals surface area contributed by atoms with E-state index in [-0.39, 0.29) is 11.8 Å². The highest BCUT2D eigenvalue weighted by atomic mass is 32.1. The summed E-state index contributed by atoms with van der Waals surface area (Å²) in [5.74, 6) is -1.01. The van der Waals surface area contributed by atoms with Gasteiger partial charge in [0.25, 0.3) is 5.91 Å². The first-order valence-corrected chi connectivity index (χ1v) is 6.86. The predicted molar refractivity (Wildman–Crippen MR) is 67.8 cm³/mol. The van der Waals surface area contributed by atoms with E-state index in [0.29, 0.717) is 5.69 Å². The van der Waals surface area contributed by atoms with E-state index < -0.39 is 17.9 Å². The van der Waals surface area contributed by atoms with Gasteiger partial charge < -0.3 is 10.4 Å². The Labute approximate surface area is 109 Å². The number of hydrogen-bond donors (Lipinski definition) is 2. The molecule has 1 aromatic heterocycles. The van der Waals surface area contributed by atoms with Crippen molar-refractivity contribution in [1.29, 1.82) is 0 Å². The average Bonchev–Trinajstić information content (AvgIpc) is 3.00. The van der Waals surface area contributed by atoms with Gasteiger partial charge in [0.2, 0.25) is 0 Å². The molecule has 0 radical (unpaired) electrons. The number of carboxylic acid groups (broad SMARTS) is 1. The van der Waals surface area contributed by atoms with Gasteiger partial charge in [0, 0.05) is 11.3 Å². The molecule has 5 nitrogen and oxygen atoms in total. The number of carbonyl (C=O) groups is 2. The van der Waals surface area contributed by atoms with E-state index in [1.165, 1.54) is 11.3 Å². The molecule has 2 rings (SSSR count). The van der Waals surface area contributed by atoms with Crippen molar-refractivity contribution in [1.82, 2.24) is 10.3 Å². The van der Waals surface area contributed by atoms with Crippen molar-refractivity contribution in [2.24, 2.45) is 5.92 Å². The van der Waals surface area contributed by atoms with Crippen molar-refractivity contribution >= 4 is 23.2 Å². The molecule has 1 aliphatic rings. The number of carbonyl (C=O) groups excluding carboxylic acids is 1. The Bertz CT molecular complexity index is 466. The molecule has 0 spiro atoms. The molecule has 0 aliphatic heterocycles. The highest BCUT2D eigenvalue weighted by Crippen LogP contribution is 2.33. The van der Waals surface area contributed by atoms with Gasteiger partial charge in [-0.15, -0.1) is 11.3 Å². The lowest BCUT2D eigenvalue weighted by molar-refractivity contribution is -0.139. The van der Waals surface area contributed by atoms with Gasteiger partial charge in [0.1, 0.15) is 11.7 Å². The van der Waals surface area contributed by atoms with Gasteiger partial charge in [-0.25, -0.2) is 9.78 Å². The zero-order valence-corrected chi connectivity index (χ0v) is 11.2. The molecular weight excluding hydrogens is 252 g/mol. The molecule has 1 unspecified atom stereocenters. The van der Waals surface area contributed by atoms with Crippen LogP contribution in [-0.2, 0) is 4.79 Å². The first-order chi connectivity index (χ1) is 8.49. The minimum absolute atomic E-state index is 0.0784. The van der Waals surface area contributed by atoms with Crippen molar-refractivity contribution in [2.75, 3.05) is 0 Å². The number of nitrogens with one attached hydrogen (secondary N) is 1. The normalized spacial score (nSPS) is 16.6. The molecule has 1 fully saturated rings. The maximum Gasteiger partial charge on any atom is 0.326 e. The fourth-order valence-corrected chi connectivity index (χ4v) is 2.50. The highest BCUT2D eigenvalue weighted by Gasteiger charge is 2.37. The number of rotatable bonds is 5. The van der Waals surface area contributed by atoms with Crippen LogP contribution in [0.25, 0.3) is 0 Å². The van der Waals surface area contributed by atoms with Gasteiger partial charge in [-0.1, -0.05) is 13.8 Å². The minimum Gasteiger partial charge on any atom is -0.480 e. The Morgan fingerprint density at radius 3 is 2.61 bits per heavy atom. The summed E-state index contributed by atoms with van der Waals surface area (Å²) in [6.07, 6.45) is 1.73. The van der Waals surface area contributed by atoms with Crippen molar-refractivity contribution in [3.63, 3.8) is 0 Å². The third-order valence-corrected chi connectivity index (χ3v) is 4.04. The van der Waals surface area contributed by atoms with Crippen LogP contribution in [0.5, 0.6) is 0 Å². The fourth-order valence-electron chi connectivity index (χ4n) is 1.68. The van der Waals surface area contributed by atoms with Crippen LogP contribution in [0.15, 0.2) is 5.38 Å². The zero-order valence-electron chi connectivity index (χ0n) is 10.3. The Kier molecular flexibility index (Phi) is 3.65. The smallest absolute Gasteiger partial charge is 0.326 e. The standard InChI is InChI=1S/C12H16N2O3S/c1-6(2)11-13-8(5-18-11)10(15)14-9(12(16)17)7-3-4-7/h5-7,9H,3-4H2,1-2H3,(H,14,15)(H,16,17). The van der Waals surface area contributed by atoms with Crippen LogP contribution in [-0.4, -0.2) is 28.0 Å². The number of amides is 1. The van der Waals surface area contributed by atoms with Gasteiger partial charge in [0.05, 0.1) is 5.01 Å². The van der Waals surface area contributed by atoms with Crippen LogP contribution in [0.3, 0.4) is 0 Å². The molecule has 1 saturated carbocycles. The lowest BCUT2D eigenvalue weighted by Crippen LogP contribution is -2.42. The topological polar surface area (TPSA) is 79.3 Å². The maximum atomic E-state index is 11.9. The number of nitrogens with zero attached hydrogens (tertiary/aromatic N) is 1. The Morgan fingerprint density at radius 2 is 2.17 bits per heavy atom. The van der Waals surface area contributed by atoms with Crippen LogP contribution < -0.4 is 5.32 Å². The summed E-state index contributed by atoms with van der Waals surface area (Å²) >= 11 is 1.43. The molecule has 1 amide bonds. The summed E-state index contributed by atoms with van der Waals surface area (Å²) in [6, 6.07) is -0.776. The van der Waals surface area contributed by atoms with Crippen molar-refractivity contribution in [2.45, 2.75) is 38.6 Å². The number of thiazole rings is 1. The second-order valence-electron chi connectivity index (χ2n) is 4.85. The lowest BCUT2D eigenvalue weighted by Gasteiger charge is -2.12. The summed E-state index contributed by atoms with van der Waals surface area (Å²) in [5, 5.41) is 14.2. The molecule has 1 atom stereocenters. The van der Waals surface area contributed by atoms with E-state index in [4.69, 9.17) is 5.11 Å². The van der Waals surface area contributed by atoms with E-state index in [1.807, 2.05) is 13.8 Å². The van der Waals surface area contributed by atoms with Crippen molar-refractivity contribution in [3.05, 3.63) is 16.1 Å². The Morgan fingerprint density at radius 1 is 1.50 bits per heavy atom. The van der Waals surface area contributed by atoms with E-state index in [1.54, 1.807) is 5.38 Å². The third-order valence-electron chi connectivity index (χ3n) is 2.89. The fraction of sp³-hybridized carbons (Fsp3) is 0.583. The van der Waals surface area contributed by atoms with Crippen LogP contribution in [0, 0.1) is 5.92 Å². The monoisotopic (exact) mass is 268 g/mol. The molecule has 1 aromatic rings. The largest absolute Gasteiger partial charge is 0.480 e. The second kappa shape index (κ2) is 5.06.